The first kappa shape index (κ1) is 28.8. The minimum absolute atomic E-state index is 0.0173. The van der Waals surface area contributed by atoms with Gasteiger partial charge in [0.05, 0.1) is 34.4 Å². The minimum Gasteiger partial charge on any atom is -0.395 e. The molecular formula is C26H23F3N4O6S. The van der Waals surface area contributed by atoms with Gasteiger partial charge in [-0.25, -0.2) is 22.9 Å². The van der Waals surface area contributed by atoms with Crippen LogP contribution >= 0.6 is 0 Å². The highest BCUT2D eigenvalue weighted by molar-refractivity contribution is 7.90. The topological polar surface area (TPSA) is 148 Å². The van der Waals surface area contributed by atoms with E-state index >= 15 is 0 Å². The number of benzene rings is 2. The monoisotopic (exact) mass is 576 g/mol. The molecule has 0 saturated heterocycles. The Hall–Kier alpha value is -4.22. The average molecular weight is 577 g/mol. The van der Waals surface area contributed by atoms with Gasteiger partial charge in [-0.1, -0.05) is 12.1 Å². The van der Waals surface area contributed by atoms with E-state index in [1.807, 2.05) is 6.07 Å². The maximum Gasteiger partial charge on any atom is 0.416 e. The molecule has 0 aromatic heterocycles. The molecule has 0 spiro atoms. The van der Waals surface area contributed by atoms with Crippen molar-refractivity contribution in [3.8, 4) is 6.07 Å². The summed E-state index contributed by atoms with van der Waals surface area (Å²) in [5.41, 5.74) is -1.56. The lowest BCUT2D eigenvalue weighted by Gasteiger charge is -2.44. The molecule has 1 heterocycles. The summed E-state index contributed by atoms with van der Waals surface area (Å²) in [5, 5.41) is 20.9. The van der Waals surface area contributed by atoms with Gasteiger partial charge in [0, 0.05) is 30.5 Å². The zero-order valence-electron chi connectivity index (χ0n) is 21.0. The van der Waals surface area contributed by atoms with Crippen molar-refractivity contribution in [1.82, 2.24) is 10.2 Å². The number of hydrogen-bond acceptors (Lipinski definition) is 7. The molecule has 4 rings (SSSR count). The molecule has 0 saturated carbocycles. The number of imide groups is 1. The van der Waals surface area contributed by atoms with Crippen LogP contribution in [0.5, 0.6) is 0 Å². The summed E-state index contributed by atoms with van der Waals surface area (Å²) in [5.74, 6) is -0.528. The second kappa shape index (κ2) is 10.7. The Morgan fingerprint density at radius 3 is 2.52 bits per heavy atom. The van der Waals surface area contributed by atoms with Crippen LogP contribution in [-0.4, -0.2) is 55.7 Å². The van der Waals surface area contributed by atoms with Crippen molar-refractivity contribution in [3.05, 3.63) is 70.4 Å². The van der Waals surface area contributed by atoms with Crippen molar-refractivity contribution >= 4 is 33.4 Å². The van der Waals surface area contributed by atoms with Crippen molar-refractivity contribution in [2.45, 2.75) is 36.4 Å². The van der Waals surface area contributed by atoms with Gasteiger partial charge in [0.15, 0.2) is 15.6 Å². The summed E-state index contributed by atoms with van der Waals surface area (Å²) in [7, 11) is -4.08. The molecule has 1 unspecified atom stereocenters. The smallest absolute Gasteiger partial charge is 0.395 e. The van der Waals surface area contributed by atoms with E-state index in [1.165, 1.54) is 18.2 Å². The van der Waals surface area contributed by atoms with E-state index < -0.39 is 57.0 Å². The molecule has 2 aromatic carbocycles. The number of sulfone groups is 1. The number of halogens is 3. The fourth-order valence-electron chi connectivity index (χ4n) is 4.84. The molecule has 1 atom stereocenters. The van der Waals surface area contributed by atoms with Crippen LogP contribution in [0.3, 0.4) is 0 Å². The van der Waals surface area contributed by atoms with Gasteiger partial charge in [0.2, 0.25) is 0 Å². The van der Waals surface area contributed by atoms with Gasteiger partial charge in [-0.05, 0) is 48.7 Å². The first-order chi connectivity index (χ1) is 18.8. The van der Waals surface area contributed by atoms with Crippen LogP contribution in [0.2, 0.25) is 0 Å². The third-order valence-electron chi connectivity index (χ3n) is 6.50. The highest BCUT2D eigenvalue weighted by Crippen LogP contribution is 2.46. The number of nitriles is 1. The van der Waals surface area contributed by atoms with Crippen LogP contribution in [0.15, 0.2) is 58.6 Å². The number of nitrogens with one attached hydrogen (secondary N) is 1. The third-order valence-corrected chi connectivity index (χ3v) is 7.66. The maximum absolute atomic E-state index is 14.0. The van der Waals surface area contributed by atoms with Gasteiger partial charge in [-0.2, -0.15) is 18.4 Å². The fourth-order valence-corrected chi connectivity index (χ4v) is 5.79. The van der Waals surface area contributed by atoms with E-state index in [4.69, 9.17) is 0 Å². The van der Waals surface area contributed by atoms with E-state index in [0.29, 0.717) is 4.90 Å². The number of aliphatic hydroxyl groups excluding tert-OH is 1. The third kappa shape index (κ3) is 5.30. The van der Waals surface area contributed by atoms with Crippen LogP contribution in [-0.2, 0) is 20.8 Å². The summed E-state index contributed by atoms with van der Waals surface area (Å²) >= 11 is 0. The molecule has 2 aliphatic rings. The van der Waals surface area contributed by atoms with Crippen molar-refractivity contribution < 1.29 is 41.1 Å². The Bertz CT molecular complexity index is 1580. The number of allylic oxidation sites excluding steroid dienone is 1. The summed E-state index contributed by atoms with van der Waals surface area (Å²) in [6.07, 6.45) is -3.56. The van der Waals surface area contributed by atoms with Gasteiger partial charge in [0.25, 0.3) is 0 Å². The molecule has 2 N–H and O–H groups in total. The number of hydrogen-bond donors (Lipinski definition) is 2. The zero-order chi connectivity index (χ0) is 29.4. The number of amides is 4. The van der Waals surface area contributed by atoms with Gasteiger partial charge < -0.3 is 10.4 Å². The van der Waals surface area contributed by atoms with E-state index in [-0.39, 0.29) is 53.9 Å². The van der Waals surface area contributed by atoms with Crippen LogP contribution in [0.25, 0.3) is 0 Å². The first-order valence-electron chi connectivity index (χ1n) is 12.0. The van der Waals surface area contributed by atoms with Crippen LogP contribution in [0.4, 0.5) is 28.4 Å². The molecule has 210 valence electrons. The lowest BCUT2D eigenvalue weighted by atomic mass is 9.83. The first-order valence-corrected chi connectivity index (χ1v) is 13.9. The number of alkyl halides is 3. The normalized spacial score (nSPS) is 17.9. The summed E-state index contributed by atoms with van der Waals surface area (Å²) in [6, 6.07) is 5.40. The largest absolute Gasteiger partial charge is 0.416 e. The van der Waals surface area contributed by atoms with Crippen LogP contribution in [0, 0.1) is 11.3 Å². The molecule has 1 aliphatic carbocycles. The van der Waals surface area contributed by atoms with E-state index in [1.54, 1.807) is 0 Å². The number of carbonyl (C=O) groups excluding carboxylic acids is 3. The summed E-state index contributed by atoms with van der Waals surface area (Å²) in [4.78, 5) is 41.8. The maximum atomic E-state index is 14.0. The minimum atomic E-state index is -4.75. The second-order valence-corrected chi connectivity index (χ2v) is 11.2. The highest BCUT2D eigenvalue weighted by Gasteiger charge is 2.48. The second-order valence-electron chi connectivity index (χ2n) is 9.17. The van der Waals surface area contributed by atoms with Crippen LogP contribution < -0.4 is 10.2 Å². The van der Waals surface area contributed by atoms with Gasteiger partial charge >= 0.3 is 18.2 Å². The molecule has 2 aromatic rings. The molecule has 10 nitrogen and oxygen atoms in total. The lowest BCUT2D eigenvalue weighted by Crippen LogP contribution is -2.57. The van der Waals surface area contributed by atoms with E-state index in [2.05, 4.69) is 5.32 Å². The lowest BCUT2D eigenvalue weighted by molar-refractivity contribution is -0.137. The Balaban J connectivity index is 2.05. The quantitative estimate of drug-likeness (QED) is 0.552. The number of rotatable bonds is 5. The van der Waals surface area contributed by atoms with Crippen molar-refractivity contribution in [2.75, 3.05) is 24.3 Å². The number of Topliss-reactive ketones (excluding diaryl/α,β-unsaturated/α-hetero) is 1. The van der Waals surface area contributed by atoms with Crippen molar-refractivity contribution in [1.29, 1.82) is 5.26 Å². The molecule has 1 aliphatic heterocycles. The highest BCUT2D eigenvalue weighted by atomic mass is 32.2. The Morgan fingerprint density at radius 2 is 1.90 bits per heavy atom. The number of nitrogens with zero attached hydrogens (tertiary/aromatic N) is 3. The molecule has 4 amide bonds. The number of ketones is 1. The summed E-state index contributed by atoms with van der Waals surface area (Å²) in [6.45, 7) is -0.834. The fraction of sp³-hybridized carbons (Fsp3) is 0.308. The van der Waals surface area contributed by atoms with Crippen molar-refractivity contribution in [3.63, 3.8) is 0 Å². The Kier molecular flexibility index (Phi) is 7.73. The predicted octanol–water partition coefficient (Wildman–Crippen LogP) is 3.67. The molecule has 0 radical (unpaired) electrons. The molecule has 0 bridgehead atoms. The number of aliphatic hydroxyl groups is 1. The predicted molar refractivity (Wildman–Crippen MR) is 135 cm³/mol. The number of carbonyl (C=O) groups is 3. The molecular weight excluding hydrogens is 553 g/mol. The Labute approximate surface area is 227 Å². The average Bonchev–Trinajstić information content (AvgIpc) is 2.90. The molecule has 14 heteroatoms. The SMILES string of the molecule is CS(=O)(=O)c1cc(C#N)ccc1C1C2=C(CCCC2=O)N(c2cccc(C(F)(F)F)c2)C(=O)N1C(=O)NCCO. The number of urea groups is 2. The summed E-state index contributed by atoms with van der Waals surface area (Å²) < 4.78 is 66.2. The molecule has 0 fully saturated rings. The van der Waals surface area contributed by atoms with Crippen molar-refractivity contribution in [2.24, 2.45) is 0 Å². The Morgan fingerprint density at radius 1 is 1.18 bits per heavy atom. The van der Waals surface area contributed by atoms with E-state index in [9.17, 15) is 46.3 Å². The van der Waals surface area contributed by atoms with Gasteiger partial charge in [-0.3, -0.25) is 9.69 Å². The van der Waals surface area contributed by atoms with Gasteiger partial charge in [0.1, 0.15) is 6.04 Å². The van der Waals surface area contributed by atoms with E-state index in [0.717, 1.165) is 35.4 Å². The zero-order valence-corrected chi connectivity index (χ0v) is 21.8. The van der Waals surface area contributed by atoms with Crippen LogP contribution in [0.1, 0.15) is 42.0 Å². The van der Waals surface area contributed by atoms with Gasteiger partial charge in [-0.15, -0.1) is 0 Å². The standard InChI is InChI=1S/C26H23F3N4O6S/c1-40(38,39)21-12-15(14-30)8-9-18(21)23-22-19(6-3-7-20(22)35)32(25(37)33(23)24(36)31-10-11-34)17-5-2-4-16(13-17)26(27,28)29/h2,4-5,8-9,12-13,23,34H,3,6-7,10-11H2,1H3,(H,31,36). The number of anilines is 1. The molecule has 40 heavy (non-hydrogen) atoms.